The van der Waals surface area contributed by atoms with Crippen molar-refractivity contribution in [3.05, 3.63) is 60.2 Å². The lowest BCUT2D eigenvalue weighted by Crippen LogP contribution is -1.93. The molecule has 0 radical (unpaired) electrons. The molecule has 1 atom stereocenters. The number of aliphatic hydroxyl groups excluding tert-OH is 1. The second-order valence-corrected chi connectivity index (χ2v) is 4.74. The minimum Gasteiger partial charge on any atom is -0.389 e. The predicted molar refractivity (Wildman–Crippen MR) is 67.6 cm³/mol. The van der Waals surface area contributed by atoms with Crippen LogP contribution in [-0.2, 0) is 0 Å². The second kappa shape index (κ2) is 5.19. The Morgan fingerprint density at radius 3 is 2.25 bits per heavy atom. The zero-order valence-electron chi connectivity index (χ0n) is 9.13. The maximum absolute atomic E-state index is 9.67. The fourth-order valence-electron chi connectivity index (χ4n) is 1.53. The zero-order chi connectivity index (χ0) is 11.4. The van der Waals surface area contributed by atoms with E-state index in [0.717, 1.165) is 10.5 Å². The van der Waals surface area contributed by atoms with Crippen molar-refractivity contribution in [1.82, 2.24) is 0 Å². The molecule has 16 heavy (non-hydrogen) atoms. The Morgan fingerprint density at radius 1 is 0.938 bits per heavy atom. The van der Waals surface area contributed by atoms with Gasteiger partial charge in [0.1, 0.15) is 0 Å². The molecule has 0 aliphatic carbocycles. The Labute approximate surface area is 100 Å². The molecular weight excluding hydrogens is 216 g/mol. The van der Waals surface area contributed by atoms with Gasteiger partial charge in [-0.2, -0.15) is 0 Å². The molecule has 0 aliphatic rings. The van der Waals surface area contributed by atoms with E-state index in [1.54, 1.807) is 18.7 Å². The third-order valence-electron chi connectivity index (χ3n) is 2.34. The SMILES string of the molecule is C[C@H](O)c1ccccc1Sc1ccccc1. The summed E-state index contributed by atoms with van der Waals surface area (Å²) in [7, 11) is 0. The Morgan fingerprint density at radius 2 is 1.56 bits per heavy atom. The van der Waals surface area contributed by atoms with E-state index < -0.39 is 6.10 Å². The van der Waals surface area contributed by atoms with Crippen LogP contribution >= 0.6 is 11.8 Å². The summed E-state index contributed by atoms with van der Waals surface area (Å²) in [5.41, 5.74) is 0.983. The molecule has 82 valence electrons. The first-order valence-electron chi connectivity index (χ1n) is 5.27. The number of rotatable bonds is 3. The molecule has 0 bridgehead atoms. The highest BCUT2D eigenvalue weighted by molar-refractivity contribution is 7.99. The highest BCUT2D eigenvalue weighted by atomic mass is 32.2. The van der Waals surface area contributed by atoms with Crippen LogP contribution in [0.15, 0.2) is 64.4 Å². The molecule has 0 amide bonds. The Balaban J connectivity index is 2.28. The van der Waals surface area contributed by atoms with E-state index in [1.807, 2.05) is 42.5 Å². The van der Waals surface area contributed by atoms with Gasteiger partial charge < -0.3 is 5.11 Å². The summed E-state index contributed by atoms with van der Waals surface area (Å²) in [4.78, 5) is 2.30. The maximum atomic E-state index is 9.67. The van der Waals surface area contributed by atoms with Crippen molar-refractivity contribution in [3.8, 4) is 0 Å². The standard InChI is InChI=1S/C14H14OS/c1-11(15)13-9-5-6-10-14(13)16-12-7-3-2-4-8-12/h2-11,15H,1H3/t11-/m0/s1. The highest BCUT2D eigenvalue weighted by Gasteiger charge is 2.07. The number of hydrogen-bond donors (Lipinski definition) is 1. The van der Waals surface area contributed by atoms with Crippen molar-refractivity contribution in [2.24, 2.45) is 0 Å². The topological polar surface area (TPSA) is 20.2 Å². The summed E-state index contributed by atoms with van der Waals surface area (Å²) in [6, 6.07) is 18.2. The predicted octanol–water partition coefficient (Wildman–Crippen LogP) is 3.89. The normalized spacial score (nSPS) is 12.4. The molecule has 2 aromatic rings. The Kier molecular flexibility index (Phi) is 3.65. The average Bonchev–Trinajstić information content (AvgIpc) is 2.31. The Bertz CT molecular complexity index is 451. The van der Waals surface area contributed by atoms with Crippen LogP contribution in [0.3, 0.4) is 0 Å². The number of aliphatic hydroxyl groups is 1. The van der Waals surface area contributed by atoms with Crippen LogP contribution in [0.25, 0.3) is 0 Å². The van der Waals surface area contributed by atoms with Crippen LogP contribution in [0, 0.1) is 0 Å². The van der Waals surface area contributed by atoms with E-state index in [9.17, 15) is 5.11 Å². The van der Waals surface area contributed by atoms with E-state index in [1.165, 1.54) is 4.90 Å². The molecule has 0 heterocycles. The van der Waals surface area contributed by atoms with Gasteiger partial charge in [0.15, 0.2) is 0 Å². The molecule has 0 aromatic heterocycles. The van der Waals surface area contributed by atoms with Crippen LogP contribution in [0.4, 0.5) is 0 Å². The van der Waals surface area contributed by atoms with Crippen LogP contribution in [0.1, 0.15) is 18.6 Å². The third kappa shape index (κ3) is 2.65. The van der Waals surface area contributed by atoms with Gasteiger partial charge in [-0.05, 0) is 30.7 Å². The maximum Gasteiger partial charge on any atom is 0.0772 e. The Hall–Kier alpha value is -1.25. The smallest absolute Gasteiger partial charge is 0.0772 e. The molecule has 2 rings (SSSR count). The van der Waals surface area contributed by atoms with Gasteiger partial charge in [0, 0.05) is 9.79 Å². The average molecular weight is 230 g/mol. The van der Waals surface area contributed by atoms with Gasteiger partial charge in [-0.25, -0.2) is 0 Å². The molecular formula is C14H14OS. The van der Waals surface area contributed by atoms with Crippen molar-refractivity contribution in [3.63, 3.8) is 0 Å². The summed E-state index contributed by atoms with van der Waals surface area (Å²) in [5.74, 6) is 0. The molecule has 0 aliphatic heterocycles. The number of benzene rings is 2. The molecule has 2 aromatic carbocycles. The molecule has 0 spiro atoms. The first kappa shape index (κ1) is 11.2. The minimum atomic E-state index is -0.424. The molecule has 0 unspecified atom stereocenters. The van der Waals surface area contributed by atoms with Crippen LogP contribution < -0.4 is 0 Å². The van der Waals surface area contributed by atoms with Crippen molar-refractivity contribution >= 4 is 11.8 Å². The van der Waals surface area contributed by atoms with Gasteiger partial charge in [0.25, 0.3) is 0 Å². The van der Waals surface area contributed by atoms with Crippen molar-refractivity contribution in [2.75, 3.05) is 0 Å². The van der Waals surface area contributed by atoms with Gasteiger partial charge in [0.2, 0.25) is 0 Å². The molecule has 0 saturated heterocycles. The van der Waals surface area contributed by atoms with Crippen LogP contribution in [0.2, 0.25) is 0 Å². The van der Waals surface area contributed by atoms with Crippen molar-refractivity contribution < 1.29 is 5.11 Å². The fraction of sp³-hybridized carbons (Fsp3) is 0.143. The van der Waals surface area contributed by atoms with Crippen molar-refractivity contribution in [2.45, 2.75) is 22.8 Å². The van der Waals surface area contributed by atoms with Crippen LogP contribution in [-0.4, -0.2) is 5.11 Å². The lowest BCUT2D eigenvalue weighted by molar-refractivity contribution is 0.196. The summed E-state index contributed by atoms with van der Waals surface area (Å²) in [6.07, 6.45) is -0.424. The first-order chi connectivity index (χ1) is 7.77. The third-order valence-corrected chi connectivity index (χ3v) is 3.44. The largest absolute Gasteiger partial charge is 0.389 e. The van der Waals surface area contributed by atoms with E-state index >= 15 is 0 Å². The molecule has 0 fully saturated rings. The second-order valence-electron chi connectivity index (χ2n) is 3.63. The van der Waals surface area contributed by atoms with Gasteiger partial charge in [-0.3, -0.25) is 0 Å². The molecule has 2 heteroatoms. The lowest BCUT2D eigenvalue weighted by atomic mass is 10.1. The van der Waals surface area contributed by atoms with Gasteiger partial charge >= 0.3 is 0 Å². The van der Waals surface area contributed by atoms with E-state index in [4.69, 9.17) is 0 Å². The lowest BCUT2D eigenvalue weighted by Gasteiger charge is -2.10. The van der Waals surface area contributed by atoms with Gasteiger partial charge in [0.05, 0.1) is 6.10 Å². The molecule has 0 saturated carbocycles. The monoisotopic (exact) mass is 230 g/mol. The van der Waals surface area contributed by atoms with Crippen molar-refractivity contribution in [1.29, 1.82) is 0 Å². The fourth-order valence-corrected chi connectivity index (χ4v) is 2.58. The van der Waals surface area contributed by atoms with Gasteiger partial charge in [-0.15, -0.1) is 0 Å². The highest BCUT2D eigenvalue weighted by Crippen LogP contribution is 2.32. The van der Waals surface area contributed by atoms with E-state index in [-0.39, 0.29) is 0 Å². The zero-order valence-corrected chi connectivity index (χ0v) is 9.95. The summed E-state index contributed by atoms with van der Waals surface area (Å²) in [5, 5.41) is 9.67. The summed E-state index contributed by atoms with van der Waals surface area (Å²) < 4.78 is 0. The quantitative estimate of drug-likeness (QED) is 0.863. The van der Waals surface area contributed by atoms with E-state index in [2.05, 4.69) is 12.1 Å². The summed E-state index contributed by atoms with van der Waals surface area (Å²) in [6.45, 7) is 1.80. The van der Waals surface area contributed by atoms with Gasteiger partial charge in [-0.1, -0.05) is 48.2 Å². The van der Waals surface area contributed by atoms with E-state index in [0.29, 0.717) is 0 Å². The first-order valence-corrected chi connectivity index (χ1v) is 6.09. The molecule has 1 nitrogen and oxygen atoms in total. The number of hydrogen-bond acceptors (Lipinski definition) is 2. The summed E-state index contributed by atoms with van der Waals surface area (Å²) >= 11 is 1.68. The minimum absolute atomic E-state index is 0.424. The molecule has 1 N–H and O–H groups in total. The van der Waals surface area contributed by atoms with Crippen LogP contribution in [0.5, 0.6) is 0 Å².